The van der Waals surface area contributed by atoms with Crippen molar-refractivity contribution in [2.75, 3.05) is 31.2 Å². The first-order chi connectivity index (χ1) is 19.3. The molecular formula is C28H22BrN5O6. The van der Waals surface area contributed by atoms with Crippen molar-refractivity contribution >= 4 is 50.4 Å². The van der Waals surface area contributed by atoms with Gasteiger partial charge in [0.15, 0.2) is 0 Å². The molecule has 11 nitrogen and oxygen atoms in total. The predicted molar refractivity (Wildman–Crippen MR) is 152 cm³/mol. The number of hydrogen-bond acceptors (Lipinski definition) is 8. The number of anilines is 1. The smallest absolute Gasteiger partial charge is 0.335 e. The maximum absolute atomic E-state index is 13.5. The Labute approximate surface area is 235 Å². The molecule has 1 saturated heterocycles. The predicted octanol–water partition coefficient (Wildman–Crippen LogP) is 2.92. The van der Waals surface area contributed by atoms with Crippen molar-refractivity contribution in [3.05, 3.63) is 96.1 Å². The maximum atomic E-state index is 13.5. The summed E-state index contributed by atoms with van der Waals surface area (Å²) in [5, 5.41) is 16.9. The van der Waals surface area contributed by atoms with Crippen molar-refractivity contribution in [3.8, 4) is 11.6 Å². The highest BCUT2D eigenvalue weighted by Gasteiger charge is 2.34. The van der Waals surface area contributed by atoms with E-state index in [9.17, 15) is 24.3 Å². The number of carbonyl (C=O) groups excluding carboxylic acids is 2. The quantitative estimate of drug-likeness (QED) is 0.270. The Morgan fingerprint density at radius 1 is 1.00 bits per heavy atom. The minimum absolute atomic E-state index is 0.285. The van der Waals surface area contributed by atoms with E-state index in [1.807, 2.05) is 12.1 Å². The van der Waals surface area contributed by atoms with Crippen LogP contribution in [-0.4, -0.2) is 64.0 Å². The van der Waals surface area contributed by atoms with E-state index < -0.39 is 34.5 Å². The molecule has 0 aliphatic carbocycles. The first-order valence-electron chi connectivity index (χ1n) is 12.4. The normalized spacial score (nSPS) is 15.4. The Morgan fingerprint density at radius 2 is 1.73 bits per heavy atom. The minimum atomic E-state index is -0.925. The Bertz CT molecular complexity index is 1850. The molecule has 1 aromatic heterocycles. The lowest BCUT2D eigenvalue weighted by Gasteiger charge is -2.31. The van der Waals surface area contributed by atoms with Gasteiger partial charge in [-0.3, -0.25) is 19.4 Å². The summed E-state index contributed by atoms with van der Waals surface area (Å²) < 4.78 is 7.16. The molecule has 0 unspecified atom stereocenters. The van der Waals surface area contributed by atoms with Crippen molar-refractivity contribution in [2.45, 2.75) is 6.92 Å². The minimum Gasteiger partial charge on any atom is -0.493 e. The summed E-state index contributed by atoms with van der Waals surface area (Å²) in [6, 6.07) is 13.7. The molecule has 12 heteroatoms. The number of imide groups is 1. The molecule has 4 aromatic rings. The van der Waals surface area contributed by atoms with Gasteiger partial charge in [0, 0.05) is 34.0 Å². The molecule has 0 radical (unpaired) electrons. The summed E-state index contributed by atoms with van der Waals surface area (Å²) in [6.07, 6.45) is 0.902. The van der Waals surface area contributed by atoms with E-state index >= 15 is 0 Å². The Hall–Kier alpha value is -4.55. The van der Waals surface area contributed by atoms with Gasteiger partial charge in [-0.1, -0.05) is 28.1 Å². The number of nitrogens with one attached hydrogen (secondary N) is 1. The number of nitrogens with zero attached hydrogens (tertiary/aromatic N) is 4. The van der Waals surface area contributed by atoms with Crippen LogP contribution in [0.3, 0.4) is 0 Å². The zero-order valence-electron chi connectivity index (χ0n) is 21.2. The molecule has 0 saturated carbocycles. The van der Waals surface area contributed by atoms with Crippen LogP contribution in [0.1, 0.15) is 31.8 Å². The lowest BCUT2D eigenvalue weighted by Crippen LogP contribution is -2.38. The molecule has 0 atom stereocenters. The van der Waals surface area contributed by atoms with Crippen LogP contribution in [0.4, 0.5) is 5.69 Å². The number of ether oxygens (including phenoxy) is 1. The summed E-state index contributed by atoms with van der Waals surface area (Å²) in [6.45, 7) is 4.36. The number of aromatic nitrogens is 2. The van der Waals surface area contributed by atoms with Crippen LogP contribution >= 0.6 is 15.9 Å². The third-order valence-electron chi connectivity index (χ3n) is 7.04. The van der Waals surface area contributed by atoms with Gasteiger partial charge in [-0.15, -0.1) is 0 Å². The van der Waals surface area contributed by atoms with Gasteiger partial charge < -0.3 is 14.7 Å². The summed E-state index contributed by atoms with van der Waals surface area (Å²) in [5.74, 6) is -2.04. The summed E-state index contributed by atoms with van der Waals surface area (Å²) in [4.78, 5) is 56.4. The van der Waals surface area contributed by atoms with Gasteiger partial charge in [-0.25, -0.2) is 9.36 Å². The van der Waals surface area contributed by atoms with Crippen molar-refractivity contribution < 1.29 is 19.4 Å². The number of carbonyl (C=O) groups is 2. The zero-order chi connectivity index (χ0) is 28.1. The van der Waals surface area contributed by atoms with Crippen LogP contribution in [0.2, 0.25) is 0 Å². The second-order valence-electron chi connectivity index (χ2n) is 9.39. The van der Waals surface area contributed by atoms with Crippen LogP contribution in [0.25, 0.3) is 16.5 Å². The summed E-state index contributed by atoms with van der Waals surface area (Å²) in [7, 11) is 0. The maximum Gasteiger partial charge on any atom is 0.335 e. The highest BCUT2D eigenvalue weighted by Crippen LogP contribution is 2.36. The standard InChI is InChI=1S/C28H22BrN5O6/c1-15-13-16(5-7-21(15)29)33-25(36)20(24(35)31-28(33)39)14-30-34-26(37)18-4-2-3-17-22(32-9-11-40-12-10-32)8-6-19(23(17)18)27(34)38/h2-8,13-14,36H,9-12H2,1H3,(H,31,35,39). The molecular weight excluding hydrogens is 582 g/mol. The first kappa shape index (κ1) is 25.7. The van der Waals surface area contributed by atoms with Crippen molar-refractivity contribution in [3.63, 3.8) is 0 Å². The molecule has 2 amide bonds. The average molecular weight is 604 g/mol. The average Bonchev–Trinajstić information content (AvgIpc) is 2.95. The number of H-pyrrole nitrogens is 1. The number of aromatic amines is 1. The number of rotatable bonds is 4. The molecule has 0 bridgehead atoms. The molecule has 3 aromatic carbocycles. The number of halogens is 1. The third kappa shape index (κ3) is 4.12. The summed E-state index contributed by atoms with van der Waals surface area (Å²) in [5.41, 5.74) is 0.390. The molecule has 2 N–H and O–H groups in total. The Kier molecular flexibility index (Phi) is 6.35. The summed E-state index contributed by atoms with van der Waals surface area (Å²) >= 11 is 3.39. The van der Waals surface area contributed by atoms with Gasteiger partial charge >= 0.3 is 5.69 Å². The zero-order valence-corrected chi connectivity index (χ0v) is 22.8. The van der Waals surface area contributed by atoms with Gasteiger partial charge in [0.05, 0.1) is 36.2 Å². The van der Waals surface area contributed by atoms with Gasteiger partial charge in [-0.2, -0.15) is 10.1 Å². The van der Waals surface area contributed by atoms with E-state index in [1.54, 1.807) is 43.3 Å². The monoisotopic (exact) mass is 603 g/mol. The number of aromatic hydroxyl groups is 1. The second kappa shape index (κ2) is 9.88. The topological polar surface area (TPSA) is 137 Å². The van der Waals surface area contributed by atoms with Crippen molar-refractivity contribution in [1.29, 1.82) is 0 Å². The third-order valence-corrected chi connectivity index (χ3v) is 7.93. The van der Waals surface area contributed by atoms with E-state index in [0.717, 1.165) is 31.9 Å². The van der Waals surface area contributed by atoms with Gasteiger partial charge in [-0.05, 0) is 48.9 Å². The van der Waals surface area contributed by atoms with Crippen molar-refractivity contribution in [1.82, 2.24) is 14.6 Å². The first-order valence-corrected chi connectivity index (χ1v) is 13.2. The van der Waals surface area contributed by atoms with Crippen LogP contribution in [0.15, 0.2) is 67.7 Å². The van der Waals surface area contributed by atoms with Gasteiger partial charge in [0.25, 0.3) is 17.4 Å². The lowest BCUT2D eigenvalue weighted by atomic mass is 9.93. The highest BCUT2D eigenvalue weighted by atomic mass is 79.9. The SMILES string of the molecule is Cc1cc(-n2c(O)c(C=NN3C(=O)c4cccc5c(N6CCOCC6)ccc(c45)C3=O)c(=O)[nH]c2=O)ccc1Br. The number of amides is 2. The number of hydrogen-bond donors (Lipinski definition) is 2. The van der Waals surface area contributed by atoms with Crippen LogP contribution in [0.5, 0.6) is 5.88 Å². The molecule has 6 rings (SSSR count). The van der Waals surface area contributed by atoms with E-state index in [-0.39, 0.29) is 11.1 Å². The van der Waals surface area contributed by atoms with Crippen LogP contribution in [0, 0.1) is 6.92 Å². The number of hydrazone groups is 1. The van der Waals surface area contributed by atoms with E-state index in [0.29, 0.717) is 42.4 Å². The fourth-order valence-electron chi connectivity index (χ4n) is 5.03. The molecule has 2 aliphatic heterocycles. The molecule has 1 fully saturated rings. The van der Waals surface area contributed by atoms with E-state index in [2.05, 4.69) is 30.9 Å². The van der Waals surface area contributed by atoms with E-state index in [4.69, 9.17) is 4.74 Å². The fourth-order valence-corrected chi connectivity index (χ4v) is 5.28. The molecule has 0 spiro atoms. The van der Waals surface area contributed by atoms with E-state index in [1.165, 1.54) is 0 Å². The molecule has 40 heavy (non-hydrogen) atoms. The molecule has 202 valence electrons. The number of morpholine rings is 1. The number of aryl methyl sites for hydroxylation is 1. The Morgan fingerprint density at radius 3 is 2.45 bits per heavy atom. The van der Waals surface area contributed by atoms with Crippen LogP contribution in [-0.2, 0) is 4.74 Å². The van der Waals surface area contributed by atoms with Gasteiger partial charge in [0.1, 0.15) is 5.56 Å². The second-order valence-corrected chi connectivity index (χ2v) is 10.2. The highest BCUT2D eigenvalue weighted by molar-refractivity contribution is 9.10. The number of benzene rings is 3. The largest absolute Gasteiger partial charge is 0.493 e. The fraction of sp³-hybridized carbons (Fsp3) is 0.179. The Balaban J connectivity index is 1.41. The lowest BCUT2D eigenvalue weighted by molar-refractivity contribution is 0.0616. The van der Waals surface area contributed by atoms with Crippen molar-refractivity contribution in [2.24, 2.45) is 5.10 Å². The molecule has 2 aliphatic rings. The molecule has 3 heterocycles. The van der Waals surface area contributed by atoms with Gasteiger partial charge in [0.2, 0.25) is 5.88 Å². The van der Waals surface area contributed by atoms with Crippen LogP contribution < -0.4 is 16.1 Å².